The molecule has 1 saturated heterocycles. The molecule has 1 aliphatic heterocycles. The molecular weight excluding hydrogens is 406 g/mol. The van der Waals surface area contributed by atoms with Crippen LogP contribution in [0, 0.1) is 0 Å². The highest BCUT2D eigenvalue weighted by atomic mass is 35.5. The Kier molecular flexibility index (Phi) is 6.02. The molecule has 0 bridgehead atoms. The molecule has 4 rings (SSSR count). The molecule has 29 heavy (non-hydrogen) atoms. The van der Waals surface area contributed by atoms with Crippen molar-refractivity contribution in [3.05, 3.63) is 69.6 Å². The maximum atomic E-state index is 12.4. The van der Waals surface area contributed by atoms with Gasteiger partial charge in [0.25, 0.3) is 11.8 Å². The number of aliphatic imine (C=N–C) groups is 1. The molecule has 2 aromatic carbocycles. The van der Waals surface area contributed by atoms with Crippen LogP contribution in [0.25, 0.3) is 6.08 Å². The lowest BCUT2D eigenvalue weighted by atomic mass is 10.1. The second kappa shape index (κ2) is 8.84. The van der Waals surface area contributed by atoms with Crippen molar-refractivity contribution in [1.82, 2.24) is 5.32 Å². The van der Waals surface area contributed by atoms with E-state index in [0.717, 1.165) is 18.4 Å². The number of amidine groups is 1. The Labute approximate surface area is 178 Å². The summed E-state index contributed by atoms with van der Waals surface area (Å²) in [7, 11) is 0. The number of anilines is 1. The number of benzene rings is 2. The van der Waals surface area contributed by atoms with Gasteiger partial charge >= 0.3 is 0 Å². The highest BCUT2D eigenvalue weighted by Crippen LogP contribution is 2.29. The highest BCUT2D eigenvalue weighted by molar-refractivity contribution is 8.18. The monoisotopic (exact) mass is 425 g/mol. The average molecular weight is 426 g/mol. The zero-order valence-corrected chi connectivity index (χ0v) is 17.2. The number of halogens is 1. The zero-order chi connectivity index (χ0) is 20.2. The first kappa shape index (κ1) is 19.7. The third kappa shape index (κ3) is 5.08. The van der Waals surface area contributed by atoms with Crippen molar-refractivity contribution in [1.29, 1.82) is 0 Å². The lowest BCUT2D eigenvalue weighted by Crippen LogP contribution is -2.21. The molecule has 5 nitrogen and oxygen atoms in total. The van der Waals surface area contributed by atoms with Crippen LogP contribution in [-0.2, 0) is 4.79 Å². The standard InChI is InChI=1S/C22H20ClN3O2S/c23-16-10-8-15(9-11-16)20(27)24-18-7-3-4-14(12-18)13-19-21(28)26-22(29-19)25-17-5-1-2-6-17/h3-4,7-13,17H,1-2,5-6H2,(H,24,27)(H,25,26,28)/b19-13+. The van der Waals surface area contributed by atoms with E-state index in [1.54, 1.807) is 24.3 Å². The van der Waals surface area contributed by atoms with Gasteiger partial charge in [0, 0.05) is 16.3 Å². The molecule has 0 unspecified atom stereocenters. The van der Waals surface area contributed by atoms with Gasteiger partial charge in [0.1, 0.15) is 0 Å². The number of carbonyl (C=O) groups is 2. The Morgan fingerprint density at radius 1 is 1.17 bits per heavy atom. The topological polar surface area (TPSA) is 70.6 Å². The van der Waals surface area contributed by atoms with Crippen LogP contribution in [0.3, 0.4) is 0 Å². The van der Waals surface area contributed by atoms with Gasteiger partial charge in [-0.05, 0) is 72.6 Å². The molecule has 148 valence electrons. The Hall–Kier alpha value is -2.57. The van der Waals surface area contributed by atoms with Crippen LogP contribution in [0.5, 0.6) is 0 Å². The Bertz CT molecular complexity index is 995. The number of nitrogens with zero attached hydrogens (tertiary/aromatic N) is 1. The third-order valence-corrected chi connectivity index (χ3v) is 6.00. The van der Waals surface area contributed by atoms with Crippen LogP contribution in [0.4, 0.5) is 5.69 Å². The molecule has 2 fully saturated rings. The van der Waals surface area contributed by atoms with Crippen LogP contribution < -0.4 is 10.6 Å². The van der Waals surface area contributed by atoms with Crippen molar-refractivity contribution < 1.29 is 9.59 Å². The number of nitrogens with one attached hydrogen (secondary N) is 2. The predicted molar refractivity (Wildman–Crippen MR) is 119 cm³/mol. The van der Waals surface area contributed by atoms with Crippen molar-refractivity contribution in [2.75, 3.05) is 5.32 Å². The van der Waals surface area contributed by atoms with Crippen LogP contribution in [0.1, 0.15) is 41.6 Å². The van der Waals surface area contributed by atoms with E-state index in [1.807, 2.05) is 30.3 Å². The van der Waals surface area contributed by atoms with E-state index < -0.39 is 0 Å². The molecule has 1 aliphatic carbocycles. The Morgan fingerprint density at radius 2 is 1.93 bits per heavy atom. The molecule has 0 spiro atoms. The highest BCUT2D eigenvalue weighted by Gasteiger charge is 2.25. The number of amides is 2. The number of hydrogen-bond acceptors (Lipinski definition) is 4. The fourth-order valence-electron chi connectivity index (χ4n) is 3.35. The lowest BCUT2D eigenvalue weighted by molar-refractivity contribution is -0.115. The van der Waals surface area contributed by atoms with Gasteiger partial charge in [-0.2, -0.15) is 0 Å². The van der Waals surface area contributed by atoms with Gasteiger partial charge in [-0.1, -0.05) is 36.6 Å². The van der Waals surface area contributed by atoms with Crippen molar-refractivity contribution in [2.45, 2.75) is 31.7 Å². The second-order valence-corrected chi connectivity index (χ2v) is 8.49. The minimum absolute atomic E-state index is 0.137. The summed E-state index contributed by atoms with van der Waals surface area (Å²) in [6.07, 6.45) is 6.41. The normalized spacial score (nSPS) is 19.7. The Balaban J connectivity index is 1.46. The minimum atomic E-state index is -0.217. The average Bonchev–Trinajstić information content (AvgIpc) is 3.33. The molecule has 2 amide bonds. The van der Waals surface area contributed by atoms with Gasteiger partial charge in [-0.15, -0.1) is 0 Å². The molecule has 0 atom stereocenters. The molecule has 2 N–H and O–H groups in total. The lowest BCUT2D eigenvalue weighted by Gasteiger charge is -2.06. The summed E-state index contributed by atoms with van der Waals surface area (Å²) in [5.41, 5.74) is 2.01. The van der Waals surface area contributed by atoms with Crippen LogP contribution in [0.2, 0.25) is 5.02 Å². The van der Waals surface area contributed by atoms with Gasteiger partial charge in [0.05, 0.1) is 10.9 Å². The molecule has 1 saturated carbocycles. The Morgan fingerprint density at radius 3 is 2.69 bits per heavy atom. The van der Waals surface area contributed by atoms with Gasteiger partial charge < -0.3 is 10.6 Å². The predicted octanol–water partition coefficient (Wildman–Crippen LogP) is 5.09. The van der Waals surface area contributed by atoms with E-state index in [0.29, 0.717) is 32.4 Å². The maximum absolute atomic E-state index is 12.4. The fourth-order valence-corrected chi connectivity index (χ4v) is 4.37. The summed E-state index contributed by atoms with van der Waals surface area (Å²) in [6, 6.07) is 14.4. The van der Waals surface area contributed by atoms with E-state index >= 15 is 0 Å². The minimum Gasteiger partial charge on any atom is -0.322 e. The van der Waals surface area contributed by atoms with Crippen molar-refractivity contribution in [2.24, 2.45) is 4.99 Å². The van der Waals surface area contributed by atoms with Crippen molar-refractivity contribution >= 4 is 52.1 Å². The molecule has 2 aromatic rings. The molecule has 0 aromatic heterocycles. The molecule has 2 aliphatic rings. The van der Waals surface area contributed by atoms with Gasteiger partial charge in [-0.25, -0.2) is 0 Å². The second-order valence-electron chi connectivity index (χ2n) is 7.02. The van der Waals surface area contributed by atoms with Crippen molar-refractivity contribution in [3.8, 4) is 0 Å². The van der Waals surface area contributed by atoms with Crippen LogP contribution in [-0.4, -0.2) is 23.0 Å². The molecule has 7 heteroatoms. The first-order chi connectivity index (χ1) is 14.1. The summed E-state index contributed by atoms with van der Waals surface area (Å²) in [6.45, 7) is 0. The molecule has 1 heterocycles. The number of carbonyl (C=O) groups excluding carboxylic acids is 2. The summed E-state index contributed by atoms with van der Waals surface area (Å²) in [5, 5.41) is 6.98. The van der Waals surface area contributed by atoms with Crippen molar-refractivity contribution in [3.63, 3.8) is 0 Å². The van der Waals surface area contributed by atoms with E-state index in [9.17, 15) is 9.59 Å². The van der Waals surface area contributed by atoms with E-state index in [4.69, 9.17) is 11.6 Å². The van der Waals surface area contributed by atoms with Crippen LogP contribution in [0.15, 0.2) is 58.4 Å². The summed E-state index contributed by atoms with van der Waals surface area (Å²) in [5.74, 6) is -0.354. The fraction of sp³-hybridized carbons (Fsp3) is 0.227. The van der Waals surface area contributed by atoms with E-state index in [-0.39, 0.29) is 11.8 Å². The first-order valence-corrected chi connectivity index (χ1v) is 10.7. The van der Waals surface area contributed by atoms with Crippen LogP contribution >= 0.6 is 23.4 Å². The molecular formula is C22H20ClN3O2S. The van der Waals surface area contributed by atoms with Gasteiger partial charge in [0.15, 0.2) is 5.17 Å². The number of hydrogen-bond donors (Lipinski definition) is 2. The summed E-state index contributed by atoms with van der Waals surface area (Å²) in [4.78, 5) is 29.9. The van der Waals surface area contributed by atoms with E-state index in [2.05, 4.69) is 15.6 Å². The largest absolute Gasteiger partial charge is 0.322 e. The zero-order valence-electron chi connectivity index (χ0n) is 15.7. The maximum Gasteiger partial charge on any atom is 0.264 e. The SMILES string of the molecule is O=C1NC(=NC2CCCC2)S/C1=C/c1cccc(NC(=O)c2ccc(Cl)cc2)c1. The smallest absolute Gasteiger partial charge is 0.264 e. The third-order valence-electron chi connectivity index (χ3n) is 4.82. The van der Waals surface area contributed by atoms with Gasteiger partial charge in [-0.3, -0.25) is 14.6 Å². The van der Waals surface area contributed by atoms with E-state index in [1.165, 1.54) is 24.6 Å². The van der Waals surface area contributed by atoms with Gasteiger partial charge in [0.2, 0.25) is 0 Å². The summed E-state index contributed by atoms with van der Waals surface area (Å²) >= 11 is 7.24. The quantitative estimate of drug-likeness (QED) is 0.670. The molecule has 0 radical (unpaired) electrons. The summed E-state index contributed by atoms with van der Waals surface area (Å²) < 4.78 is 0. The number of thioether (sulfide) groups is 1. The first-order valence-electron chi connectivity index (χ1n) is 9.52. The number of rotatable bonds is 4.